The Morgan fingerprint density at radius 3 is 2.68 bits per heavy atom. The average Bonchev–Trinajstić information content (AvgIpc) is 2.42. The van der Waals surface area contributed by atoms with Crippen LogP contribution >= 0.6 is 11.8 Å². The van der Waals surface area contributed by atoms with Crippen LogP contribution in [0.15, 0.2) is 24.3 Å². The van der Waals surface area contributed by atoms with Gasteiger partial charge in [0, 0.05) is 12.8 Å². The van der Waals surface area contributed by atoms with Gasteiger partial charge in [0.05, 0.1) is 12.2 Å². The third-order valence-corrected chi connectivity index (χ3v) is 5.16. The number of ether oxygens (including phenoxy) is 2. The molecule has 0 radical (unpaired) electrons. The molecule has 1 aromatic rings. The van der Waals surface area contributed by atoms with E-state index in [2.05, 4.69) is 31.2 Å². The van der Waals surface area contributed by atoms with Crippen LogP contribution in [0.4, 0.5) is 0 Å². The first-order chi connectivity index (χ1) is 9.26. The Bertz CT molecular complexity index is 404. The number of hydrogen-bond acceptors (Lipinski definition) is 3. The molecule has 0 bridgehead atoms. The van der Waals surface area contributed by atoms with Crippen molar-refractivity contribution in [1.82, 2.24) is 0 Å². The first-order valence-electron chi connectivity index (χ1n) is 7.21. The van der Waals surface area contributed by atoms with E-state index in [0.717, 1.165) is 25.2 Å². The second-order valence-corrected chi connectivity index (χ2v) is 6.91. The van der Waals surface area contributed by atoms with Crippen molar-refractivity contribution in [2.24, 2.45) is 0 Å². The largest absolute Gasteiger partial charge is 0.490 e. The van der Waals surface area contributed by atoms with E-state index in [1.54, 1.807) is 0 Å². The van der Waals surface area contributed by atoms with E-state index in [4.69, 9.17) is 9.47 Å². The lowest BCUT2D eigenvalue weighted by Crippen LogP contribution is -2.46. The molecule has 1 aromatic carbocycles. The molecule has 2 heterocycles. The third-order valence-electron chi connectivity index (χ3n) is 4.18. The Morgan fingerprint density at radius 2 is 1.95 bits per heavy atom. The molecule has 0 N–H and O–H groups in total. The van der Waals surface area contributed by atoms with E-state index in [0.29, 0.717) is 6.10 Å². The van der Waals surface area contributed by atoms with E-state index in [9.17, 15) is 0 Å². The highest BCUT2D eigenvalue weighted by molar-refractivity contribution is 7.99. The Labute approximate surface area is 119 Å². The molecule has 0 saturated carbocycles. The number of thioether (sulfide) groups is 1. The van der Waals surface area contributed by atoms with Crippen molar-refractivity contribution in [3.05, 3.63) is 29.8 Å². The highest BCUT2D eigenvalue weighted by atomic mass is 32.2. The van der Waals surface area contributed by atoms with E-state index in [1.165, 1.54) is 29.9 Å². The van der Waals surface area contributed by atoms with E-state index < -0.39 is 0 Å². The van der Waals surface area contributed by atoms with Crippen LogP contribution in [0.1, 0.15) is 31.2 Å². The van der Waals surface area contributed by atoms with Gasteiger partial charge in [-0.2, -0.15) is 11.8 Å². The maximum absolute atomic E-state index is 6.15. The van der Waals surface area contributed by atoms with Gasteiger partial charge in [-0.25, -0.2) is 0 Å². The van der Waals surface area contributed by atoms with Crippen molar-refractivity contribution >= 4 is 11.8 Å². The second kappa shape index (κ2) is 5.76. The molecular weight excluding hydrogens is 256 g/mol. The fraction of sp³-hybridized carbons (Fsp3) is 0.625. The molecule has 0 amide bonds. The summed E-state index contributed by atoms with van der Waals surface area (Å²) >= 11 is 2.05. The molecule has 2 fully saturated rings. The highest BCUT2D eigenvalue weighted by Crippen LogP contribution is 2.38. The lowest BCUT2D eigenvalue weighted by atomic mass is 9.86. The van der Waals surface area contributed by atoms with Gasteiger partial charge < -0.3 is 9.47 Å². The number of hydrogen-bond donors (Lipinski definition) is 0. The molecule has 0 aromatic heterocycles. The van der Waals surface area contributed by atoms with Crippen LogP contribution in [0.5, 0.6) is 5.75 Å². The predicted molar refractivity (Wildman–Crippen MR) is 80.1 cm³/mol. The van der Waals surface area contributed by atoms with Gasteiger partial charge >= 0.3 is 0 Å². The minimum absolute atomic E-state index is 0.110. The molecule has 3 heteroatoms. The Hall–Kier alpha value is -0.670. The van der Waals surface area contributed by atoms with E-state index >= 15 is 0 Å². The molecule has 19 heavy (non-hydrogen) atoms. The molecule has 1 spiro atoms. The Morgan fingerprint density at radius 1 is 1.21 bits per heavy atom. The molecule has 2 nitrogen and oxygen atoms in total. The summed E-state index contributed by atoms with van der Waals surface area (Å²) in [6, 6.07) is 8.38. The van der Waals surface area contributed by atoms with Crippen molar-refractivity contribution in [3.8, 4) is 5.75 Å². The van der Waals surface area contributed by atoms with Crippen LogP contribution in [0.25, 0.3) is 0 Å². The smallest absolute Gasteiger partial charge is 0.119 e. The molecule has 2 aliphatic heterocycles. The molecule has 2 aliphatic rings. The first-order valence-corrected chi connectivity index (χ1v) is 8.36. The predicted octanol–water partition coefficient (Wildman–Crippen LogP) is 3.82. The quantitative estimate of drug-likeness (QED) is 0.819. The Kier molecular flexibility index (Phi) is 4.04. The highest BCUT2D eigenvalue weighted by Gasteiger charge is 2.39. The van der Waals surface area contributed by atoms with Crippen LogP contribution in [0, 0.1) is 6.92 Å². The standard InChI is InChI=1S/C16H22O2S/c1-13-2-4-14(5-3-13)18-15-6-9-17-16(12-15)7-10-19-11-8-16/h2-5,15H,6-12H2,1H3. The number of aryl methyl sites for hydroxylation is 1. The molecule has 1 unspecified atom stereocenters. The zero-order valence-corrected chi connectivity index (χ0v) is 12.4. The topological polar surface area (TPSA) is 18.5 Å². The van der Waals surface area contributed by atoms with Crippen LogP contribution in [0.3, 0.4) is 0 Å². The summed E-state index contributed by atoms with van der Waals surface area (Å²) in [6.07, 6.45) is 4.76. The summed E-state index contributed by atoms with van der Waals surface area (Å²) in [4.78, 5) is 0. The second-order valence-electron chi connectivity index (χ2n) is 5.69. The van der Waals surface area contributed by atoms with Crippen LogP contribution in [-0.4, -0.2) is 29.8 Å². The molecule has 0 aliphatic carbocycles. The zero-order valence-electron chi connectivity index (χ0n) is 11.6. The number of rotatable bonds is 2. The summed E-state index contributed by atoms with van der Waals surface area (Å²) in [5.74, 6) is 3.46. The van der Waals surface area contributed by atoms with Crippen LogP contribution < -0.4 is 4.74 Å². The van der Waals surface area contributed by atoms with Crippen molar-refractivity contribution in [3.63, 3.8) is 0 Å². The average molecular weight is 278 g/mol. The zero-order chi connectivity index (χ0) is 13.1. The lowest BCUT2D eigenvalue weighted by molar-refractivity contribution is -0.116. The molecular formula is C16H22O2S. The molecule has 104 valence electrons. The Balaban J connectivity index is 1.63. The normalized spacial score (nSPS) is 26.3. The van der Waals surface area contributed by atoms with Gasteiger partial charge in [-0.05, 0) is 43.4 Å². The summed E-state index contributed by atoms with van der Waals surface area (Å²) in [6.45, 7) is 2.95. The minimum Gasteiger partial charge on any atom is -0.490 e. The SMILES string of the molecule is Cc1ccc(OC2CCOC3(CCSCC3)C2)cc1. The molecule has 2 saturated heterocycles. The van der Waals surface area contributed by atoms with Crippen LogP contribution in [0.2, 0.25) is 0 Å². The molecule has 3 rings (SSSR count). The van der Waals surface area contributed by atoms with Gasteiger partial charge in [-0.3, -0.25) is 0 Å². The van der Waals surface area contributed by atoms with Crippen molar-refractivity contribution < 1.29 is 9.47 Å². The maximum atomic E-state index is 6.15. The minimum atomic E-state index is 0.110. The van der Waals surface area contributed by atoms with Gasteiger partial charge in [0.15, 0.2) is 0 Å². The fourth-order valence-electron chi connectivity index (χ4n) is 2.98. The third kappa shape index (κ3) is 3.26. The van der Waals surface area contributed by atoms with Crippen molar-refractivity contribution in [2.75, 3.05) is 18.1 Å². The van der Waals surface area contributed by atoms with Crippen molar-refractivity contribution in [1.29, 1.82) is 0 Å². The summed E-state index contributed by atoms with van der Waals surface area (Å²) in [5.41, 5.74) is 1.39. The van der Waals surface area contributed by atoms with Gasteiger partial charge in [-0.15, -0.1) is 0 Å². The first kappa shape index (κ1) is 13.3. The summed E-state index contributed by atoms with van der Waals surface area (Å²) in [5, 5.41) is 0. The van der Waals surface area contributed by atoms with E-state index in [-0.39, 0.29) is 5.60 Å². The maximum Gasteiger partial charge on any atom is 0.119 e. The molecule has 1 atom stereocenters. The van der Waals surface area contributed by atoms with E-state index in [1.807, 2.05) is 11.8 Å². The summed E-state index contributed by atoms with van der Waals surface area (Å²) < 4.78 is 12.3. The van der Waals surface area contributed by atoms with Crippen LogP contribution in [-0.2, 0) is 4.74 Å². The lowest BCUT2D eigenvalue weighted by Gasteiger charge is -2.43. The fourth-order valence-corrected chi connectivity index (χ4v) is 4.22. The monoisotopic (exact) mass is 278 g/mol. The number of benzene rings is 1. The van der Waals surface area contributed by atoms with Gasteiger partial charge in [0.25, 0.3) is 0 Å². The van der Waals surface area contributed by atoms with Gasteiger partial charge in [-0.1, -0.05) is 17.7 Å². The van der Waals surface area contributed by atoms with Gasteiger partial charge in [0.1, 0.15) is 11.9 Å². The van der Waals surface area contributed by atoms with Crippen molar-refractivity contribution in [2.45, 2.75) is 44.3 Å². The summed E-state index contributed by atoms with van der Waals surface area (Å²) in [7, 11) is 0. The van der Waals surface area contributed by atoms with Gasteiger partial charge in [0.2, 0.25) is 0 Å².